The van der Waals surface area contributed by atoms with Crippen molar-refractivity contribution < 1.29 is 9.53 Å². The molecule has 0 radical (unpaired) electrons. The van der Waals surface area contributed by atoms with E-state index in [0.29, 0.717) is 17.1 Å². The van der Waals surface area contributed by atoms with E-state index in [-0.39, 0.29) is 5.91 Å². The van der Waals surface area contributed by atoms with Crippen molar-refractivity contribution in [3.05, 3.63) is 48.2 Å². The van der Waals surface area contributed by atoms with Crippen molar-refractivity contribution in [2.75, 3.05) is 30.4 Å². The Hall–Kier alpha value is -2.56. The van der Waals surface area contributed by atoms with Gasteiger partial charge in [0.05, 0.1) is 24.6 Å². The molecule has 24 heavy (non-hydrogen) atoms. The van der Waals surface area contributed by atoms with Gasteiger partial charge in [0.2, 0.25) is 0 Å². The third kappa shape index (κ3) is 3.67. The van der Waals surface area contributed by atoms with Gasteiger partial charge in [-0.25, -0.2) is 4.98 Å². The predicted molar refractivity (Wildman–Crippen MR) is 95.8 cm³/mol. The number of nitrogens with zero attached hydrogens (tertiary/aromatic N) is 2. The molecule has 1 aromatic carbocycles. The van der Waals surface area contributed by atoms with Crippen LogP contribution in [0.4, 0.5) is 11.5 Å². The summed E-state index contributed by atoms with van der Waals surface area (Å²) < 4.78 is 5.22. The van der Waals surface area contributed by atoms with Gasteiger partial charge in [-0.15, -0.1) is 0 Å². The summed E-state index contributed by atoms with van der Waals surface area (Å²) in [6, 6.07) is 11.0. The van der Waals surface area contributed by atoms with Crippen molar-refractivity contribution in [1.29, 1.82) is 0 Å². The van der Waals surface area contributed by atoms with E-state index in [1.54, 1.807) is 19.2 Å². The molecule has 1 fully saturated rings. The second kappa shape index (κ2) is 7.34. The fraction of sp³-hybridized carbons (Fsp3) is 0.368. The Bertz CT molecular complexity index is 692. The van der Waals surface area contributed by atoms with Crippen molar-refractivity contribution in [2.45, 2.75) is 19.8 Å². The molecule has 0 bridgehead atoms. The quantitative estimate of drug-likeness (QED) is 0.933. The summed E-state index contributed by atoms with van der Waals surface area (Å²) in [7, 11) is 1.55. The molecule has 5 heteroatoms. The highest BCUT2D eigenvalue weighted by Crippen LogP contribution is 2.23. The molecule has 0 atom stereocenters. The number of benzene rings is 1. The van der Waals surface area contributed by atoms with Crippen LogP contribution in [0.2, 0.25) is 0 Å². The molecular weight excluding hydrogens is 302 g/mol. The number of pyridine rings is 1. The predicted octanol–water partition coefficient (Wildman–Crippen LogP) is 3.58. The van der Waals surface area contributed by atoms with Crippen LogP contribution < -0.4 is 15.0 Å². The smallest absolute Gasteiger partial charge is 0.260 e. The van der Waals surface area contributed by atoms with Crippen LogP contribution in [0.15, 0.2) is 42.6 Å². The molecule has 3 rings (SSSR count). The number of ether oxygens (including phenoxy) is 1. The lowest BCUT2D eigenvalue weighted by atomic mass is 9.99. The Morgan fingerprint density at radius 2 is 1.96 bits per heavy atom. The van der Waals surface area contributed by atoms with Gasteiger partial charge in [-0.2, -0.15) is 0 Å². The van der Waals surface area contributed by atoms with Gasteiger partial charge in [-0.1, -0.05) is 19.1 Å². The molecule has 1 saturated heterocycles. The summed E-state index contributed by atoms with van der Waals surface area (Å²) in [5.41, 5.74) is 1.60. The van der Waals surface area contributed by atoms with E-state index < -0.39 is 0 Å². The molecule has 0 spiro atoms. The van der Waals surface area contributed by atoms with Crippen LogP contribution in [0.3, 0.4) is 0 Å². The normalized spacial score (nSPS) is 15.2. The van der Waals surface area contributed by atoms with E-state index >= 15 is 0 Å². The molecular formula is C19H23N3O2. The number of nitrogens with one attached hydrogen (secondary N) is 1. The topological polar surface area (TPSA) is 54.5 Å². The minimum atomic E-state index is -0.223. The first kappa shape index (κ1) is 16.3. The first-order valence-corrected chi connectivity index (χ1v) is 8.32. The highest BCUT2D eigenvalue weighted by Gasteiger charge is 2.17. The molecule has 0 saturated carbocycles. The van der Waals surface area contributed by atoms with E-state index in [1.807, 2.05) is 30.5 Å². The average Bonchev–Trinajstić information content (AvgIpc) is 2.63. The molecule has 1 aliphatic rings. The van der Waals surface area contributed by atoms with E-state index in [2.05, 4.69) is 22.1 Å². The maximum atomic E-state index is 12.4. The maximum Gasteiger partial charge on any atom is 0.260 e. The standard InChI is InChI=1S/C19H23N3O2/c1-14-9-11-22(12-10-14)15-7-8-18(20-13-15)21-19(23)16-5-3-4-6-17(16)24-2/h3-8,13-14H,9-12H2,1-2H3,(H,20,21,23). The molecule has 0 aliphatic carbocycles. The lowest BCUT2D eigenvalue weighted by Gasteiger charge is -2.31. The van der Waals surface area contributed by atoms with E-state index in [1.165, 1.54) is 12.8 Å². The van der Waals surface area contributed by atoms with Gasteiger partial charge in [0.25, 0.3) is 5.91 Å². The van der Waals surface area contributed by atoms with Gasteiger partial charge in [-0.3, -0.25) is 4.79 Å². The Labute approximate surface area is 142 Å². The molecule has 2 aromatic rings. The van der Waals surface area contributed by atoms with Crippen LogP contribution in [-0.2, 0) is 0 Å². The first-order chi connectivity index (χ1) is 11.7. The van der Waals surface area contributed by atoms with Crippen LogP contribution in [0.1, 0.15) is 30.1 Å². The molecule has 5 nitrogen and oxygen atoms in total. The van der Waals surface area contributed by atoms with E-state index in [4.69, 9.17) is 4.74 Å². The van der Waals surface area contributed by atoms with Crippen molar-refractivity contribution in [3.8, 4) is 5.75 Å². The number of anilines is 2. The number of aromatic nitrogens is 1. The van der Waals surface area contributed by atoms with Crippen LogP contribution in [-0.4, -0.2) is 31.1 Å². The fourth-order valence-corrected chi connectivity index (χ4v) is 2.93. The Kier molecular flexibility index (Phi) is 4.99. The zero-order chi connectivity index (χ0) is 16.9. The minimum Gasteiger partial charge on any atom is -0.496 e. The molecule has 1 amide bonds. The highest BCUT2D eigenvalue weighted by atomic mass is 16.5. The van der Waals surface area contributed by atoms with Gasteiger partial charge in [0, 0.05) is 13.1 Å². The largest absolute Gasteiger partial charge is 0.496 e. The zero-order valence-corrected chi connectivity index (χ0v) is 14.2. The number of amides is 1. The summed E-state index contributed by atoms with van der Waals surface area (Å²) in [6.07, 6.45) is 4.26. The number of carbonyl (C=O) groups is 1. The molecule has 0 unspecified atom stereocenters. The Morgan fingerprint density at radius 1 is 1.21 bits per heavy atom. The van der Waals surface area contributed by atoms with Gasteiger partial charge in [0.15, 0.2) is 0 Å². The van der Waals surface area contributed by atoms with Crippen LogP contribution in [0.5, 0.6) is 5.75 Å². The second-order valence-corrected chi connectivity index (χ2v) is 6.23. The van der Waals surface area contributed by atoms with Gasteiger partial charge >= 0.3 is 0 Å². The fourth-order valence-electron chi connectivity index (χ4n) is 2.93. The Balaban J connectivity index is 1.67. The number of hydrogen-bond acceptors (Lipinski definition) is 4. The van der Waals surface area contributed by atoms with Crippen molar-refractivity contribution >= 4 is 17.4 Å². The SMILES string of the molecule is COc1ccccc1C(=O)Nc1ccc(N2CCC(C)CC2)cn1. The molecule has 1 aliphatic heterocycles. The summed E-state index contributed by atoms with van der Waals surface area (Å²) >= 11 is 0. The minimum absolute atomic E-state index is 0.223. The third-order valence-electron chi connectivity index (χ3n) is 4.49. The van der Waals surface area contributed by atoms with Gasteiger partial charge in [0.1, 0.15) is 11.6 Å². The van der Waals surface area contributed by atoms with Crippen LogP contribution in [0, 0.1) is 5.92 Å². The van der Waals surface area contributed by atoms with Gasteiger partial charge in [-0.05, 0) is 43.0 Å². The lowest BCUT2D eigenvalue weighted by Crippen LogP contribution is -2.32. The van der Waals surface area contributed by atoms with Gasteiger partial charge < -0.3 is 15.0 Å². The zero-order valence-electron chi connectivity index (χ0n) is 14.2. The summed E-state index contributed by atoms with van der Waals surface area (Å²) in [5.74, 6) is 1.67. The first-order valence-electron chi connectivity index (χ1n) is 8.32. The highest BCUT2D eigenvalue weighted by molar-refractivity contribution is 6.05. The number of piperidine rings is 1. The third-order valence-corrected chi connectivity index (χ3v) is 4.49. The van der Waals surface area contributed by atoms with Crippen LogP contribution in [0.25, 0.3) is 0 Å². The number of rotatable bonds is 4. The average molecular weight is 325 g/mol. The molecule has 1 N–H and O–H groups in total. The van der Waals surface area contributed by atoms with Crippen LogP contribution >= 0.6 is 0 Å². The maximum absolute atomic E-state index is 12.4. The number of methoxy groups -OCH3 is 1. The summed E-state index contributed by atoms with van der Waals surface area (Å²) in [4.78, 5) is 19.1. The monoisotopic (exact) mass is 325 g/mol. The molecule has 2 heterocycles. The van der Waals surface area contributed by atoms with E-state index in [0.717, 1.165) is 24.7 Å². The number of carbonyl (C=O) groups excluding carboxylic acids is 1. The Morgan fingerprint density at radius 3 is 2.62 bits per heavy atom. The van der Waals surface area contributed by atoms with Crippen molar-refractivity contribution in [3.63, 3.8) is 0 Å². The summed E-state index contributed by atoms with van der Waals surface area (Å²) in [6.45, 7) is 4.43. The lowest BCUT2D eigenvalue weighted by molar-refractivity contribution is 0.102. The van der Waals surface area contributed by atoms with E-state index in [9.17, 15) is 4.79 Å². The second-order valence-electron chi connectivity index (χ2n) is 6.23. The van der Waals surface area contributed by atoms with Crippen molar-refractivity contribution in [2.24, 2.45) is 5.92 Å². The number of hydrogen-bond donors (Lipinski definition) is 1. The molecule has 126 valence electrons. The number of para-hydroxylation sites is 1. The molecule has 1 aromatic heterocycles. The van der Waals surface area contributed by atoms with Crippen molar-refractivity contribution in [1.82, 2.24) is 4.98 Å². The summed E-state index contributed by atoms with van der Waals surface area (Å²) in [5, 5.41) is 2.82.